The third-order valence-electron chi connectivity index (χ3n) is 5.31. The first kappa shape index (κ1) is 16.9. The van der Waals surface area contributed by atoms with Gasteiger partial charge in [-0.25, -0.2) is 0 Å². The van der Waals surface area contributed by atoms with E-state index in [-0.39, 0.29) is 23.0 Å². The van der Waals surface area contributed by atoms with Crippen LogP contribution in [0.15, 0.2) is 5.16 Å². The average Bonchev–Trinajstić information content (AvgIpc) is 3.53. The Morgan fingerprint density at radius 1 is 1.20 bits per heavy atom. The van der Waals surface area contributed by atoms with Crippen LogP contribution in [-0.2, 0) is 9.59 Å². The van der Waals surface area contributed by atoms with Gasteiger partial charge in [0, 0.05) is 25.0 Å². The topological polar surface area (TPSA) is 94.1 Å². The molecule has 2 saturated carbocycles. The van der Waals surface area contributed by atoms with Crippen LogP contribution in [0.25, 0.3) is 0 Å². The number of aromatic nitrogens is 3. The molecule has 0 spiro atoms. The van der Waals surface area contributed by atoms with Crippen molar-refractivity contribution in [2.24, 2.45) is 11.7 Å². The van der Waals surface area contributed by atoms with E-state index in [0.29, 0.717) is 25.0 Å². The molecule has 3 aliphatic rings. The fourth-order valence-corrected chi connectivity index (χ4v) is 4.55. The first-order valence-corrected chi connectivity index (χ1v) is 10.1. The minimum absolute atomic E-state index is 0.0641. The monoisotopic (exact) mass is 363 g/mol. The van der Waals surface area contributed by atoms with Gasteiger partial charge in [-0.1, -0.05) is 11.8 Å². The Hall–Kier alpha value is -1.57. The molecule has 7 nitrogen and oxygen atoms in total. The SMILES string of the molecule is CC(Sc1nnc(C2CC2)n1C1CC1)C(=O)N1CCCC(C(N)=O)C1. The van der Waals surface area contributed by atoms with Crippen molar-refractivity contribution in [1.29, 1.82) is 0 Å². The smallest absolute Gasteiger partial charge is 0.235 e. The van der Waals surface area contributed by atoms with Gasteiger partial charge in [0.1, 0.15) is 5.82 Å². The van der Waals surface area contributed by atoms with Crippen molar-refractivity contribution < 1.29 is 9.59 Å². The van der Waals surface area contributed by atoms with Crippen molar-refractivity contribution in [2.45, 2.75) is 67.8 Å². The molecule has 4 rings (SSSR count). The third kappa shape index (κ3) is 3.54. The van der Waals surface area contributed by atoms with Crippen LogP contribution in [-0.4, -0.2) is 49.8 Å². The van der Waals surface area contributed by atoms with E-state index in [1.807, 2.05) is 6.92 Å². The number of amides is 2. The van der Waals surface area contributed by atoms with Crippen LogP contribution in [0.2, 0.25) is 0 Å². The summed E-state index contributed by atoms with van der Waals surface area (Å²) < 4.78 is 2.27. The molecule has 2 unspecified atom stereocenters. The number of nitrogens with two attached hydrogens (primary N) is 1. The van der Waals surface area contributed by atoms with E-state index < -0.39 is 0 Å². The maximum Gasteiger partial charge on any atom is 0.235 e. The van der Waals surface area contributed by atoms with E-state index in [1.54, 1.807) is 4.90 Å². The Labute approximate surface area is 151 Å². The lowest BCUT2D eigenvalue weighted by Gasteiger charge is -2.32. The van der Waals surface area contributed by atoms with Gasteiger partial charge in [0.15, 0.2) is 5.16 Å². The molecule has 0 bridgehead atoms. The molecule has 25 heavy (non-hydrogen) atoms. The number of primary amides is 1. The predicted molar refractivity (Wildman–Crippen MR) is 94.1 cm³/mol. The highest BCUT2D eigenvalue weighted by Crippen LogP contribution is 2.46. The van der Waals surface area contributed by atoms with Gasteiger partial charge in [0.05, 0.1) is 11.2 Å². The largest absolute Gasteiger partial charge is 0.369 e. The number of nitrogens with zero attached hydrogens (tertiary/aromatic N) is 4. The Kier molecular flexibility index (Phi) is 4.47. The van der Waals surface area contributed by atoms with E-state index in [9.17, 15) is 9.59 Å². The lowest BCUT2D eigenvalue weighted by molar-refractivity contribution is -0.134. The Bertz CT molecular complexity index is 683. The zero-order valence-corrected chi connectivity index (χ0v) is 15.4. The van der Waals surface area contributed by atoms with Gasteiger partial charge in [-0.15, -0.1) is 10.2 Å². The summed E-state index contributed by atoms with van der Waals surface area (Å²) in [6.45, 7) is 3.07. The van der Waals surface area contributed by atoms with E-state index >= 15 is 0 Å². The van der Waals surface area contributed by atoms with Crippen molar-refractivity contribution in [1.82, 2.24) is 19.7 Å². The molecule has 1 saturated heterocycles. The number of hydrogen-bond donors (Lipinski definition) is 1. The quantitative estimate of drug-likeness (QED) is 0.776. The van der Waals surface area contributed by atoms with Gasteiger partial charge in [0.2, 0.25) is 11.8 Å². The molecule has 2 atom stereocenters. The van der Waals surface area contributed by atoms with Crippen LogP contribution in [0.1, 0.15) is 63.2 Å². The first-order valence-electron chi connectivity index (χ1n) is 9.24. The molecule has 3 fully saturated rings. The second kappa shape index (κ2) is 6.63. The van der Waals surface area contributed by atoms with Crippen LogP contribution in [0.5, 0.6) is 0 Å². The van der Waals surface area contributed by atoms with Crippen molar-refractivity contribution in [3.63, 3.8) is 0 Å². The van der Waals surface area contributed by atoms with Gasteiger partial charge >= 0.3 is 0 Å². The van der Waals surface area contributed by atoms with Gasteiger partial charge in [-0.05, 0) is 45.4 Å². The van der Waals surface area contributed by atoms with E-state index in [0.717, 1.165) is 23.8 Å². The minimum Gasteiger partial charge on any atom is -0.369 e. The van der Waals surface area contributed by atoms with Crippen LogP contribution in [0.4, 0.5) is 0 Å². The molecule has 2 N–H and O–H groups in total. The number of hydrogen-bond acceptors (Lipinski definition) is 5. The number of piperidine rings is 1. The van der Waals surface area contributed by atoms with Crippen molar-refractivity contribution in [3.05, 3.63) is 5.82 Å². The molecule has 0 radical (unpaired) electrons. The van der Waals surface area contributed by atoms with Crippen molar-refractivity contribution in [2.75, 3.05) is 13.1 Å². The summed E-state index contributed by atoms with van der Waals surface area (Å²) in [6, 6.07) is 0.518. The highest BCUT2D eigenvalue weighted by Gasteiger charge is 2.37. The van der Waals surface area contributed by atoms with E-state index in [1.165, 1.54) is 37.4 Å². The molecular formula is C17H25N5O2S. The Balaban J connectivity index is 1.44. The molecule has 8 heteroatoms. The average molecular weight is 363 g/mol. The minimum atomic E-state index is -0.305. The second-order valence-corrected chi connectivity index (χ2v) is 8.81. The van der Waals surface area contributed by atoms with Crippen LogP contribution < -0.4 is 5.73 Å². The molecule has 2 heterocycles. The Morgan fingerprint density at radius 2 is 1.96 bits per heavy atom. The number of likely N-dealkylation sites (tertiary alicyclic amines) is 1. The highest BCUT2D eigenvalue weighted by molar-refractivity contribution is 8.00. The number of carbonyl (C=O) groups is 2. The fraction of sp³-hybridized carbons (Fsp3) is 0.765. The Morgan fingerprint density at radius 3 is 2.60 bits per heavy atom. The second-order valence-electron chi connectivity index (χ2n) is 7.50. The molecule has 136 valence electrons. The highest BCUT2D eigenvalue weighted by atomic mass is 32.2. The normalized spacial score (nSPS) is 25.0. The molecular weight excluding hydrogens is 338 g/mol. The molecule has 1 aliphatic heterocycles. The molecule has 0 aromatic carbocycles. The number of carbonyl (C=O) groups excluding carboxylic acids is 2. The van der Waals surface area contributed by atoms with Crippen LogP contribution >= 0.6 is 11.8 Å². The molecule has 1 aromatic heterocycles. The summed E-state index contributed by atoms with van der Waals surface area (Å²) in [5, 5.41) is 9.42. The summed E-state index contributed by atoms with van der Waals surface area (Å²) >= 11 is 1.50. The summed E-state index contributed by atoms with van der Waals surface area (Å²) in [4.78, 5) is 26.0. The number of thioether (sulfide) groups is 1. The maximum atomic E-state index is 12.8. The van der Waals surface area contributed by atoms with Gasteiger partial charge in [-0.2, -0.15) is 0 Å². The fourth-order valence-electron chi connectivity index (χ4n) is 3.54. The summed E-state index contributed by atoms with van der Waals surface area (Å²) in [6.07, 6.45) is 6.38. The summed E-state index contributed by atoms with van der Waals surface area (Å²) in [5.74, 6) is 1.21. The standard InChI is InChI=1S/C17H25N5O2S/c1-10(16(24)21-8-2-3-12(9-21)14(18)23)25-17-20-19-15(11-4-5-11)22(17)13-6-7-13/h10-13H,2-9H2,1H3,(H2,18,23). The van der Waals surface area contributed by atoms with Gasteiger partial charge in [-0.3, -0.25) is 9.59 Å². The first-order chi connectivity index (χ1) is 12.0. The predicted octanol–water partition coefficient (Wildman–Crippen LogP) is 1.69. The molecule has 1 aromatic rings. The van der Waals surface area contributed by atoms with Crippen molar-refractivity contribution >= 4 is 23.6 Å². The number of rotatable bonds is 6. The van der Waals surface area contributed by atoms with Crippen molar-refractivity contribution in [3.8, 4) is 0 Å². The molecule has 2 amide bonds. The lowest BCUT2D eigenvalue weighted by Crippen LogP contribution is -2.46. The van der Waals surface area contributed by atoms with E-state index in [2.05, 4.69) is 14.8 Å². The zero-order chi connectivity index (χ0) is 17.6. The summed E-state index contributed by atoms with van der Waals surface area (Å²) in [7, 11) is 0. The van der Waals surface area contributed by atoms with Crippen LogP contribution in [0.3, 0.4) is 0 Å². The van der Waals surface area contributed by atoms with Crippen LogP contribution in [0, 0.1) is 5.92 Å². The van der Waals surface area contributed by atoms with E-state index in [4.69, 9.17) is 5.73 Å². The third-order valence-corrected chi connectivity index (χ3v) is 6.36. The van der Waals surface area contributed by atoms with Gasteiger partial charge < -0.3 is 15.2 Å². The maximum absolute atomic E-state index is 12.8. The van der Waals surface area contributed by atoms with Gasteiger partial charge in [0.25, 0.3) is 0 Å². The lowest BCUT2D eigenvalue weighted by atomic mass is 9.97. The molecule has 2 aliphatic carbocycles. The summed E-state index contributed by atoms with van der Waals surface area (Å²) in [5.41, 5.74) is 5.42. The zero-order valence-electron chi connectivity index (χ0n) is 14.6.